The summed E-state index contributed by atoms with van der Waals surface area (Å²) in [6.07, 6.45) is 7.41. The van der Waals surface area contributed by atoms with Gasteiger partial charge < -0.3 is 20.4 Å². The molecule has 4 heteroatoms. The molecule has 4 saturated carbocycles. The lowest BCUT2D eigenvalue weighted by Gasteiger charge is -2.72. The number of aliphatic hydroxyl groups is 4. The van der Waals surface area contributed by atoms with Gasteiger partial charge in [-0.15, -0.1) is 0 Å². The van der Waals surface area contributed by atoms with Crippen LogP contribution in [0, 0.1) is 56.7 Å². The van der Waals surface area contributed by atoms with Gasteiger partial charge in [0.2, 0.25) is 0 Å². The molecule has 3 unspecified atom stereocenters. The molecule has 5 aliphatic rings. The predicted octanol–water partition coefficient (Wildman–Crippen LogP) is 4.94. The molecule has 5 aliphatic carbocycles. The van der Waals surface area contributed by atoms with E-state index < -0.39 is 29.1 Å². The minimum absolute atomic E-state index is 0.0363. The minimum Gasteiger partial charge on any atom is -0.396 e. The second-order valence-corrected chi connectivity index (χ2v) is 14.8. The zero-order valence-electron chi connectivity index (χ0n) is 22.6. The summed E-state index contributed by atoms with van der Waals surface area (Å²) in [5.41, 5.74) is 1.17. The Morgan fingerprint density at radius 3 is 2.18 bits per heavy atom. The molecule has 4 fully saturated rings. The fraction of sp³-hybridized carbons (Fsp3) is 0.933. The van der Waals surface area contributed by atoms with Crippen LogP contribution in [0.4, 0.5) is 0 Å². The van der Waals surface area contributed by atoms with Gasteiger partial charge in [-0.25, -0.2) is 0 Å². The van der Waals surface area contributed by atoms with Crippen molar-refractivity contribution in [2.45, 2.75) is 112 Å². The van der Waals surface area contributed by atoms with Gasteiger partial charge in [0.15, 0.2) is 0 Å². The molecular weight excluding hydrogens is 424 g/mol. The third-order valence-corrected chi connectivity index (χ3v) is 13.5. The molecule has 4 nitrogen and oxygen atoms in total. The first kappa shape index (κ1) is 25.2. The van der Waals surface area contributed by atoms with E-state index in [0.717, 1.165) is 25.7 Å². The van der Waals surface area contributed by atoms with Gasteiger partial charge in [-0.1, -0.05) is 60.1 Å². The van der Waals surface area contributed by atoms with Crippen molar-refractivity contribution in [3.63, 3.8) is 0 Å². The van der Waals surface area contributed by atoms with Gasteiger partial charge in [0.1, 0.15) is 6.10 Å². The van der Waals surface area contributed by atoms with Crippen LogP contribution in [0.25, 0.3) is 0 Å². The zero-order valence-corrected chi connectivity index (χ0v) is 22.6. The lowest BCUT2D eigenvalue weighted by Crippen LogP contribution is -2.71. The van der Waals surface area contributed by atoms with Crippen molar-refractivity contribution < 1.29 is 20.4 Å². The van der Waals surface area contributed by atoms with Crippen molar-refractivity contribution in [3.05, 3.63) is 11.6 Å². The molecule has 12 atom stereocenters. The fourth-order valence-corrected chi connectivity index (χ4v) is 11.1. The predicted molar refractivity (Wildman–Crippen MR) is 135 cm³/mol. The first-order valence-corrected chi connectivity index (χ1v) is 14.1. The largest absolute Gasteiger partial charge is 0.396 e. The minimum atomic E-state index is -1.10. The maximum Gasteiger partial charge on any atom is 0.107 e. The number of hydrogen-bond acceptors (Lipinski definition) is 4. The van der Waals surface area contributed by atoms with Crippen molar-refractivity contribution in [2.75, 3.05) is 6.61 Å². The topological polar surface area (TPSA) is 80.9 Å². The van der Waals surface area contributed by atoms with Crippen LogP contribution < -0.4 is 0 Å². The monoisotopic (exact) mass is 474 g/mol. The standard InChI is InChI=1S/C30H50O4/c1-17-18(16-31)10-12-27(4)14-15-28(5)19(22(17)27)8-9-21-29(28,6)13-11-20-26(2,3)24(33)23(32)25(34)30(20,21)7/h8,17-18,20-25,31-34H,9-16H2,1-7H3/t17-,18?,20?,21-,22?,23-,24-,25-,27+,28+,29+,30-/m0/s1. The molecule has 0 bridgehead atoms. The maximum atomic E-state index is 11.5. The highest BCUT2D eigenvalue weighted by atomic mass is 16.4. The van der Waals surface area contributed by atoms with Crippen LogP contribution >= 0.6 is 0 Å². The van der Waals surface area contributed by atoms with E-state index in [9.17, 15) is 20.4 Å². The normalized spacial score (nSPS) is 58.6. The Morgan fingerprint density at radius 1 is 0.853 bits per heavy atom. The van der Waals surface area contributed by atoms with Crippen molar-refractivity contribution >= 4 is 0 Å². The van der Waals surface area contributed by atoms with E-state index in [1.165, 1.54) is 19.3 Å². The summed E-state index contributed by atoms with van der Waals surface area (Å²) in [5.74, 6) is 1.82. The summed E-state index contributed by atoms with van der Waals surface area (Å²) in [6, 6.07) is 0. The number of allylic oxidation sites excluding steroid dienone is 2. The molecule has 0 aromatic heterocycles. The Hall–Kier alpha value is -0.420. The number of aliphatic hydroxyl groups excluding tert-OH is 4. The van der Waals surface area contributed by atoms with E-state index in [-0.39, 0.29) is 22.7 Å². The van der Waals surface area contributed by atoms with E-state index >= 15 is 0 Å². The molecule has 0 aromatic rings. The van der Waals surface area contributed by atoms with E-state index in [1.807, 2.05) is 0 Å². The zero-order chi connectivity index (χ0) is 25.1. The van der Waals surface area contributed by atoms with E-state index in [1.54, 1.807) is 5.57 Å². The van der Waals surface area contributed by atoms with Gasteiger partial charge in [-0.3, -0.25) is 0 Å². The van der Waals surface area contributed by atoms with Crippen molar-refractivity contribution in [3.8, 4) is 0 Å². The van der Waals surface area contributed by atoms with Crippen molar-refractivity contribution in [1.82, 2.24) is 0 Å². The molecule has 0 spiro atoms. The molecule has 194 valence electrons. The second kappa shape index (κ2) is 7.55. The van der Waals surface area contributed by atoms with Gasteiger partial charge in [0, 0.05) is 12.0 Å². The summed E-state index contributed by atoms with van der Waals surface area (Å²) in [5, 5.41) is 43.6. The molecule has 0 saturated heterocycles. The molecule has 0 aromatic carbocycles. The van der Waals surface area contributed by atoms with Crippen LogP contribution in [0.1, 0.15) is 93.4 Å². The third kappa shape index (κ3) is 2.81. The first-order valence-electron chi connectivity index (χ1n) is 14.1. The molecule has 4 N–H and O–H groups in total. The molecule has 5 rings (SSSR count). The quantitative estimate of drug-likeness (QED) is 0.406. The summed E-state index contributed by atoms with van der Waals surface area (Å²) in [6.45, 7) is 16.6. The maximum absolute atomic E-state index is 11.5. The average Bonchev–Trinajstić information content (AvgIpc) is 2.77. The van der Waals surface area contributed by atoms with Gasteiger partial charge in [-0.05, 0) is 96.2 Å². The third-order valence-electron chi connectivity index (χ3n) is 13.5. The molecule has 34 heavy (non-hydrogen) atoms. The van der Waals surface area contributed by atoms with Gasteiger partial charge in [-0.2, -0.15) is 0 Å². The van der Waals surface area contributed by atoms with Crippen LogP contribution in [-0.4, -0.2) is 45.3 Å². The van der Waals surface area contributed by atoms with Crippen LogP contribution in [-0.2, 0) is 0 Å². The van der Waals surface area contributed by atoms with Gasteiger partial charge >= 0.3 is 0 Å². The van der Waals surface area contributed by atoms with Crippen LogP contribution in [0.5, 0.6) is 0 Å². The van der Waals surface area contributed by atoms with E-state index in [2.05, 4.69) is 54.5 Å². The van der Waals surface area contributed by atoms with Crippen LogP contribution in [0.2, 0.25) is 0 Å². The smallest absolute Gasteiger partial charge is 0.107 e. The van der Waals surface area contributed by atoms with Crippen molar-refractivity contribution in [1.29, 1.82) is 0 Å². The summed E-state index contributed by atoms with van der Waals surface area (Å²) < 4.78 is 0. The summed E-state index contributed by atoms with van der Waals surface area (Å²) in [4.78, 5) is 0. The van der Waals surface area contributed by atoms with Gasteiger partial charge in [0.05, 0.1) is 12.2 Å². The Bertz CT molecular complexity index is 866. The highest BCUT2D eigenvalue weighted by molar-refractivity contribution is 5.34. The number of hydrogen-bond donors (Lipinski definition) is 4. The Labute approximate surface area is 207 Å². The number of rotatable bonds is 1. The second-order valence-electron chi connectivity index (χ2n) is 14.8. The summed E-state index contributed by atoms with van der Waals surface area (Å²) >= 11 is 0. The Balaban J connectivity index is 1.62. The molecule has 0 aliphatic heterocycles. The van der Waals surface area contributed by atoms with E-state index in [0.29, 0.717) is 29.8 Å². The highest BCUT2D eigenvalue weighted by Gasteiger charge is 2.71. The average molecular weight is 475 g/mol. The molecule has 0 amide bonds. The lowest BCUT2D eigenvalue weighted by molar-refractivity contribution is -0.278. The van der Waals surface area contributed by atoms with Gasteiger partial charge in [0.25, 0.3) is 0 Å². The summed E-state index contributed by atoms with van der Waals surface area (Å²) in [7, 11) is 0. The molecule has 0 radical (unpaired) electrons. The van der Waals surface area contributed by atoms with Crippen LogP contribution in [0.3, 0.4) is 0 Å². The number of fused-ring (bicyclic) bond motifs is 7. The van der Waals surface area contributed by atoms with Crippen molar-refractivity contribution in [2.24, 2.45) is 56.7 Å². The molecule has 0 heterocycles. The Morgan fingerprint density at radius 2 is 1.53 bits per heavy atom. The van der Waals surface area contributed by atoms with Crippen LogP contribution in [0.15, 0.2) is 11.6 Å². The lowest BCUT2D eigenvalue weighted by atomic mass is 9.33. The Kier molecular flexibility index (Phi) is 5.61. The first-order chi connectivity index (χ1) is 15.7. The van der Waals surface area contributed by atoms with E-state index in [4.69, 9.17) is 0 Å². The fourth-order valence-electron chi connectivity index (χ4n) is 11.1. The SMILES string of the molecule is C[C@H]1C(CO)CC[C@]2(C)CC[C@]3(C)C(=CC[C@@H]4[C@]5(C)C(CC[C@]43C)C(C)(C)[C@@H](O)[C@H](O)[C@@H]5O)C12. The highest BCUT2D eigenvalue weighted by Crippen LogP contribution is 2.75. The molecular formula is C30H50O4.